The summed E-state index contributed by atoms with van der Waals surface area (Å²) in [7, 11) is 3.89. The summed E-state index contributed by atoms with van der Waals surface area (Å²) in [5.41, 5.74) is 0.813. The average Bonchev–Trinajstić information content (AvgIpc) is 2.99. The fourth-order valence-electron chi connectivity index (χ4n) is 1.94. The monoisotopic (exact) mass is 366 g/mol. The number of nitrogens with one attached hydrogen (secondary N) is 2. The van der Waals surface area contributed by atoms with Crippen LogP contribution in [0.25, 0.3) is 0 Å². The second kappa shape index (κ2) is 8.77. The van der Waals surface area contributed by atoms with Gasteiger partial charge in [-0.2, -0.15) is 0 Å². The summed E-state index contributed by atoms with van der Waals surface area (Å²) in [5.74, 6) is -0.514. The van der Waals surface area contributed by atoms with Crippen LogP contribution in [0.4, 0.5) is 0 Å². The Morgan fingerprint density at radius 1 is 1.17 bits per heavy atom. The van der Waals surface area contributed by atoms with Crippen LogP contribution in [0.1, 0.15) is 25.9 Å². The molecule has 2 amide bonds. The van der Waals surface area contributed by atoms with Crippen LogP contribution in [0.2, 0.25) is 5.02 Å². The number of hydrogen-bond acceptors (Lipinski definition) is 5. The number of carbonyl (C=O) groups excluding carboxylic acids is 2. The summed E-state index contributed by atoms with van der Waals surface area (Å²) in [6.07, 6.45) is 0. The van der Waals surface area contributed by atoms with Crippen LogP contribution < -0.4 is 10.6 Å². The van der Waals surface area contributed by atoms with E-state index in [2.05, 4.69) is 15.6 Å². The first-order chi connectivity index (χ1) is 11.5. The van der Waals surface area contributed by atoms with Crippen LogP contribution in [0.15, 0.2) is 29.6 Å². The molecule has 8 heteroatoms. The molecule has 0 atom stereocenters. The first-order valence-corrected chi connectivity index (χ1v) is 8.63. The number of rotatable bonds is 7. The molecular formula is C16H19ClN4O2S. The maximum absolute atomic E-state index is 12.0. The van der Waals surface area contributed by atoms with Gasteiger partial charge in [0.25, 0.3) is 11.8 Å². The lowest BCUT2D eigenvalue weighted by Crippen LogP contribution is -2.34. The summed E-state index contributed by atoms with van der Waals surface area (Å²) in [6.45, 7) is 1.33. The third kappa shape index (κ3) is 5.30. The maximum Gasteiger partial charge on any atom is 0.270 e. The van der Waals surface area contributed by atoms with E-state index in [4.69, 9.17) is 11.6 Å². The third-order valence-electron chi connectivity index (χ3n) is 3.05. The minimum Gasteiger partial charge on any atom is -0.350 e. The Morgan fingerprint density at radius 2 is 1.83 bits per heavy atom. The van der Waals surface area contributed by atoms with Gasteiger partial charge in [0.15, 0.2) is 0 Å². The Kier molecular flexibility index (Phi) is 6.72. The maximum atomic E-state index is 12.0. The van der Waals surface area contributed by atoms with E-state index in [0.717, 1.165) is 5.01 Å². The predicted octanol–water partition coefficient (Wildman–Crippen LogP) is 2.02. The highest BCUT2D eigenvalue weighted by molar-refractivity contribution is 7.09. The molecule has 0 fully saturated rings. The molecule has 2 aromatic rings. The van der Waals surface area contributed by atoms with Crippen molar-refractivity contribution >= 4 is 34.8 Å². The van der Waals surface area contributed by atoms with Crippen molar-refractivity contribution in [1.29, 1.82) is 0 Å². The number of thiazole rings is 1. The number of hydrogen-bond donors (Lipinski definition) is 2. The number of nitrogens with zero attached hydrogens (tertiary/aromatic N) is 2. The molecule has 0 saturated carbocycles. The lowest BCUT2D eigenvalue weighted by atomic mass is 10.2. The van der Waals surface area contributed by atoms with Gasteiger partial charge in [-0.25, -0.2) is 4.98 Å². The average molecular weight is 367 g/mol. The van der Waals surface area contributed by atoms with Crippen molar-refractivity contribution in [2.24, 2.45) is 0 Å². The number of halogens is 1. The van der Waals surface area contributed by atoms with E-state index >= 15 is 0 Å². The van der Waals surface area contributed by atoms with Gasteiger partial charge < -0.3 is 15.5 Å². The van der Waals surface area contributed by atoms with E-state index in [9.17, 15) is 9.59 Å². The Balaban J connectivity index is 1.76. The van der Waals surface area contributed by atoms with Crippen LogP contribution in [0.3, 0.4) is 0 Å². The van der Waals surface area contributed by atoms with Crippen molar-refractivity contribution in [3.63, 3.8) is 0 Å². The smallest absolute Gasteiger partial charge is 0.270 e. The molecule has 0 radical (unpaired) electrons. The highest BCUT2D eigenvalue weighted by Crippen LogP contribution is 2.14. The van der Waals surface area contributed by atoms with Gasteiger partial charge in [-0.05, 0) is 26.2 Å². The number of carbonyl (C=O) groups is 2. The molecule has 2 rings (SSSR count). The highest BCUT2D eigenvalue weighted by atomic mass is 35.5. The molecule has 1 heterocycles. The zero-order valence-electron chi connectivity index (χ0n) is 13.5. The molecule has 0 saturated heterocycles. The van der Waals surface area contributed by atoms with E-state index in [1.165, 1.54) is 11.3 Å². The van der Waals surface area contributed by atoms with Crippen molar-refractivity contribution in [2.75, 3.05) is 27.2 Å². The topological polar surface area (TPSA) is 74.3 Å². The molecule has 2 N–H and O–H groups in total. The van der Waals surface area contributed by atoms with Gasteiger partial charge in [0, 0.05) is 25.0 Å². The van der Waals surface area contributed by atoms with E-state index in [1.54, 1.807) is 29.6 Å². The van der Waals surface area contributed by atoms with Crippen molar-refractivity contribution in [2.45, 2.75) is 6.54 Å². The van der Waals surface area contributed by atoms with Gasteiger partial charge in [-0.15, -0.1) is 11.3 Å². The van der Waals surface area contributed by atoms with E-state index < -0.39 is 0 Å². The second-order valence-electron chi connectivity index (χ2n) is 5.36. The van der Waals surface area contributed by atoms with Crippen LogP contribution in [0.5, 0.6) is 0 Å². The van der Waals surface area contributed by atoms with Gasteiger partial charge in [-0.1, -0.05) is 23.7 Å². The van der Waals surface area contributed by atoms with E-state index in [0.29, 0.717) is 35.9 Å². The Labute approximate surface area is 149 Å². The van der Waals surface area contributed by atoms with Gasteiger partial charge in [0.2, 0.25) is 0 Å². The molecule has 6 nitrogen and oxygen atoms in total. The number of aromatic nitrogens is 1. The highest BCUT2D eigenvalue weighted by Gasteiger charge is 2.12. The van der Waals surface area contributed by atoms with E-state index in [1.807, 2.05) is 19.0 Å². The molecule has 1 aromatic heterocycles. The standard InChI is InChI=1S/C16H19ClN4O2S/c1-21(2)9-14-20-13(10-24-14)16(23)19-8-7-18-15(22)11-5-3-4-6-12(11)17/h3-6,10H,7-9H2,1-2H3,(H,18,22)(H,19,23). The minimum absolute atomic E-state index is 0.247. The van der Waals surface area contributed by atoms with Crippen LogP contribution in [0, 0.1) is 0 Å². The minimum atomic E-state index is -0.267. The molecular weight excluding hydrogens is 348 g/mol. The molecule has 1 aromatic carbocycles. The third-order valence-corrected chi connectivity index (χ3v) is 4.21. The Hall–Kier alpha value is -1.96. The predicted molar refractivity (Wildman–Crippen MR) is 95.6 cm³/mol. The molecule has 0 aliphatic heterocycles. The van der Waals surface area contributed by atoms with Gasteiger partial charge in [0.1, 0.15) is 10.7 Å². The number of benzene rings is 1. The summed E-state index contributed by atoms with van der Waals surface area (Å²) in [5, 5.41) is 8.46. The van der Waals surface area contributed by atoms with Crippen LogP contribution in [-0.2, 0) is 6.54 Å². The first-order valence-electron chi connectivity index (χ1n) is 7.37. The molecule has 128 valence electrons. The zero-order valence-corrected chi connectivity index (χ0v) is 15.1. The van der Waals surface area contributed by atoms with Crippen LogP contribution in [-0.4, -0.2) is 48.9 Å². The first kappa shape index (κ1) is 18.4. The van der Waals surface area contributed by atoms with Gasteiger partial charge in [-0.3, -0.25) is 9.59 Å². The largest absolute Gasteiger partial charge is 0.350 e. The zero-order chi connectivity index (χ0) is 17.5. The summed E-state index contributed by atoms with van der Waals surface area (Å²) < 4.78 is 0. The molecule has 24 heavy (non-hydrogen) atoms. The summed E-state index contributed by atoms with van der Waals surface area (Å²) in [6, 6.07) is 6.82. The molecule has 0 bridgehead atoms. The quantitative estimate of drug-likeness (QED) is 0.735. The normalized spacial score (nSPS) is 10.7. The van der Waals surface area contributed by atoms with E-state index in [-0.39, 0.29) is 11.8 Å². The Morgan fingerprint density at radius 3 is 2.50 bits per heavy atom. The Bertz CT molecular complexity index is 718. The fraction of sp³-hybridized carbons (Fsp3) is 0.312. The summed E-state index contributed by atoms with van der Waals surface area (Å²) in [4.78, 5) is 30.2. The lowest BCUT2D eigenvalue weighted by molar-refractivity contribution is 0.0925. The second-order valence-corrected chi connectivity index (χ2v) is 6.71. The molecule has 0 aliphatic rings. The summed E-state index contributed by atoms with van der Waals surface area (Å²) >= 11 is 7.41. The van der Waals surface area contributed by atoms with Gasteiger partial charge >= 0.3 is 0 Å². The fourth-order valence-corrected chi connectivity index (χ4v) is 3.05. The lowest BCUT2D eigenvalue weighted by Gasteiger charge is -2.07. The van der Waals surface area contributed by atoms with Crippen LogP contribution >= 0.6 is 22.9 Å². The van der Waals surface area contributed by atoms with Crippen molar-refractivity contribution in [3.8, 4) is 0 Å². The van der Waals surface area contributed by atoms with Gasteiger partial charge in [0.05, 0.1) is 10.6 Å². The van der Waals surface area contributed by atoms with Crippen molar-refractivity contribution in [3.05, 3.63) is 50.9 Å². The SMILES string of the molecule is CN(C)Cc1nc(C(=O)NCCNC(=O)c2ccccc2Cl)cs1. The molecule has 0 unspecified atom stereocenters. The number of amides is 2. The van der Waals surface area contributed by atoms with Crippen molar-refractivity contribution < 1.29 is 9.59 Å². The molecule has 0 spiro atoms. The van der Waals surface area contributed by atoms with Crippen molar-refractivity contribution in [1.82, 2.24) is 20.5 Å². The molecule has 0 aliphatic carbocycles.